The Morgan fingerprint density at radius 2 is 1.55 bits per heavy atom. The van der Waals surface area contributed by atoms with E-state index < -0.39 is 0 Å². The highest BCUT2D eigenvalue weighted by Gasteiger charge is 2.17. The molecule has 0 heteroatoms. The first-order chi connectivity index (χ1) is 9.65. The summed E-state index contributed by atoms with van der Waals surface area (Å²) in [4.78, 5) is 0. The maximum absolute atomic E-state index is 2.44. The fourth-order valence-corrected chi connectivity index (χ4v) is 3.54. The van der Waals surface area contributed by atoms with Crippen LogP contribution in [0.15, 0.2) is 30.3 Å². The van der Waals surface area contributed by atoms with Crippen LogP contribution in [0.3, 0.4) is 0 Å². The van der Waals surface area contributed by atoms with E-state index in [1.54, 1.807) is 22.3 Å². The molecule has 0 unspecified atom stereocenters. The van der Waals surface area contributed by atoms with Crippen LogP contribution in [0.25, 0.3) is 0 Å². The van der Waals surface area contributed by atoms with Gasteiger partial charge in [0.05, 0.1) is 0 Å². The van der Waals surface area contributed by atoms with Crippen molar-refractivity contribution in [2.24, 2.45) is 0 Å². The minimum Gasteiger partial charge on any atom is -0.0591 e. The average molecular weight is 264 g/mol. The predicted octanol–water partition coefficient (Wildman–Crippen LogP) is 4.89. The van der Waals surface area contributed by atoms with Crippen molar-refractivity contribution < 1.29 is 0 Å². The van der Waals surface area contributed by atoms with Crippen molar-refractivity contribution in [3.8, 4) is 0 Å². The lowest BCUT2D eigenvalue weighted by molar-refractivity contribution is 0.904. The smallest absolute Gasteiger partial charge is 0.0235 e. The third-order valence-corrected chi connectivity index (χ3v) is 4.82. The van der Waals surface area contributed by atoms with Gasteiger partial charge in [0.25, 0.3) is 0 Å². The van der Waals surface area contributed by atoms with Crippen molar-refractivity contribution in [1.29, 1.82) is 0 Å². The molecule has 0 atom stereocenters. The molecule has 0 heterocycles. The highest BCUT2D eigenvalue weighted by molar-refractivity contribution is 5.47. The summed E-state index contributed by atoms with van der Waals surface area (Å²) >= 11 is 0. The Balaban J connectivity index is 1.81. The van der Waals surface area contributed by atoms with E-state index in [9.17, 15) is 0 Å². The van der Waals surface area contributed by atoms with Gasteiger partial charge in [0.2, 0.25) is 0 Å². The van der Waals surface area contributed by atoms with Crippen molar-refractivity contribution in [3.63, 3.8) is 0 Å². The van der Waals surface area contributed by atoms with Crippen LogP contribution < -0.4 is 0 Å². The molecule has 0 saturated carbocycles. The summed E-state index contributed by atoms with van der Waals surface area (Å²) in [6.45, 7) is 6.77. The molecule has 0 spiro atoms. The molecule has 20 heavy (non-hydrogen) atoms. The summed E-state index contributed by atoms with van der Waals surface area (Å²) in [5.74, 6) is 0. The highest BCUT2D eigenvalue weighted by atomic mass is 14.2. The second-order valence-electron chi connectivity index (χ2n) is 6.27. The first-order valence-corrected chi connectivity index (χ1v) is 7.81. The first-order valence-electron chi connectivity index (χ1n) is 7.81. The SMILES string of the molecule is Cc1ccc(CCc2cc(C)c3c(c2C)CCC3)cc1. The highest BCUT2D eigenvalue weighted by Crippen LogP contribution is 2.31. The lowest BCUT2D eigenvalue weighted by atomic mass is 9.91. The van der Waals surface area contributed by atoms with Gasteiger partial charge in [0.1, 0.15) is 0 Å². The van der Waals surface area contributed by atoms with Gasteiger partial charge in [-0.3, -0.25) is 0 Å². The molecule has 0 aliphatic heterocycles. The third-order valence-electron chi connectivity index (χ3n) is 4.82. The standard InChI is InChI=1S/C20H24/c1-14-7-9-17(10-8-14)11-12-18-13-15(2)19-5-4-6-20(19)16(18)3/h7-10,13H,4-6,11-12H2,1-3H3. The number of rotatable bonds is 3. The quantitative estimate of drug-likeness (QED) is 0.740. The van der Waals surface area contributed by atoms with E-state index in [4.69, 9.17) is 0 Å². The summed E-state index contributed by atoms with van der Waals surface area (Å²) < 4.78 is 0. The van der Waals surface area contributed by atoms with Gasteiger partial charge in [-0.2, -0.15) is 0 Å². The fraction of sp³-hybridized carbons (Fsp3) is 0.400. The van der Waals surface area contributed by atoms with Crippen molar-refractivity contribution in [2.45, 2.75) is 52.9 Å². The fourth-order valence-electron chi connectivity index (χ4n) is 3.54. The summed E-state index contributed by atoms with van der Waals surface area (Å²) in [5, 5.41) is 0. The summed E-state index contributed by atoms with van der Waals surface area (Å²) in [6, 6.07) is 11.4. The predicted molar refractivity (Wildman–Crippen MR) is 86.5 cm³/mol. The molecule has 0 amide bonds. The van der Waals surface area contributed by atoms with Crippen LogP contribution in [-0.4, -0.2) is 0 Å². The molecule has 0 fully saturated rings. The van der Waals surface area contributed by atoms with Crippen LogP contribution in [0.2, 0.25) is 0 Å². The second-order valence-corrected chi connectivity index (χ2v) is 6.27. The molecular weight excluding hydrogens is 240 g/mol. The molecular formula is C20H24. The Bertz CT molecular complexity index is 617. The van der Waals surface area contributed by atoms with E-state index in [1.807, 2.05) is 0 Å². The normalized spacial score (nSPS) is 13.6. The molecule has 1 aliphatic rings. The van der Waals surface area contributed by atoms with Crippen molar-refractivity contribution in [2.75, 3.05) is 0 Å². The molecule has 1 aliphatic carbocycles. The van der Waals surface area contributed by atoms with Crippen molar-refractivity contribution in [1.82, 2.24) is 0 Å². The van der Waals surface area contributed by atoms with Crippen LogP contribution in [-0.2, 0) is 25.7 Å². The Kier molecular flexibility index (Phi) is 3.65. The maximum Gasteiger partial charge on any atom is -0.0235 e. The van der Waals surface area contributed by atoms with Crippen LogP contribution in [0.5, 0.6) is 0 Å². The number of hydrogen-bond acceptors (Lipinski definition) is 0. The van der Waals surface area contributed by atoms with Gasteiger partial charge in [0, 0.05) is 0 Å². The Hall–Kier alpha value is -1.56. The van der Waals surface area contributed by atoms with Crippen molar-refractivity contribution in [3.05, 3.63) is 69.3 Å². The molecule has 0 saturated heterocycles. The molecule has 0 aromatic heterocycles. The van der Waals surface area contributed by atoms with Crippen LogP contribution in [0, 0.1) is 20.8 Å². The molecule has 2 aromatic carbocycles. The van der Waals surface area contributed by atoms with Crippen LogP contribution in [0.4, 0.5) is 0 Å². The van der Waals surface area contributed by atoms with E-state index in [0.717, 1.165) is 6.42 Å². The summed E-state index contributed by atoms with van der Waals surface area (Å²) in [7, 11) is 0. The zero-order valence-corrected chi connectivity index (χ0v) is 12.9. The van der Waals surface area contributed by atoms with Gasteiger partial charge in [-0.25, -0.2) is 0 Å². The number of benzene rings is 2. The minimum atomic E-state index is 1.15. The molecule has 0 radical (unpaired) electrons. The lowest BCUT2D eigenvalue weighted by Gasteiger charge is -2.14. The van der Waals surface area contributed by atoms with E-state index in [1.165, 1.54) is 42.4 Å². The number of fused-ring (bicyclic) bond motifs is 1. The molecule has 0 N–H and O–H groups in total. The maximum atomic E-state index is 2.44. The minimum absolute atomic E-state index is 1.15. The van der Waals surface area contributed by atoms with Crippen LogP contribution in [0.1, 0.15) is 45.4 Å². The molecule has 3 rings (SSSR count). The largest absolute Gasteiger partial charge is 0.0591 e. The van der Waals surface area contributed by atoms with E-state index in [-0.39, 0.29) is 0 Å². The lowest BCUT2D eigenvalue weighted by Crippen LogP contribution is -2.00. The molecule has 104 valence electrons. The van der Waals surface area contributed by atoms with Crippen LogP contribution >= 0.6 is 0 Å². The molecule has 0 bridgehead atoms. The number of hydrogen-bond donors (Lipinski definition) is 0. The Labute approximate surface area is 122 Å². The summed E-state index contributed by atoms with van der Waals surface area (Å²) in [5.41, 5.74) is 10.7. The van der Waals surface area contributed by atoms with Gasteiger partial charge < -0.3 is 0 Å². The average Bonchev–Trinajstić information content (AvgIpc) is 2.93. The topological polar surface area (TPSA) is 0 Å². The first kappa shape index (κ1) is 13.4. The zero-order chi connectivity index (χ0) is 14.1. The monoisotopic (exact) mass is 264 g/mol. The zero-order valence-electron chi connectivity index (χ0n) is 12.9. The molecule has 0 nitrogen and oxygen atoms in total. The van der Waals surface area contributed by atoms with Gasteiger partial charge in [-0.1, -0.05) is 35.9 Å². The van der Waals surface area contributed by atoms with Gasteiger partial charge in [-0.05, 0) is 86.3 Å². The molecule has 2 aromatic rings. The van der Waals surface area contributed by atoms with Gasteiger partial charge in [0.15, 0.2) is 0 Å². The second kappa shape index (κ2) is 5.44. The Morgan fingerprint density at radius 1 is 0.850 bits per heavy atom. The van der Waals surface area contributed by atoms with Gasteiger partial charge in [-0.15, -0.1) is 0 Å². The Morgan fingerprint density at radius 3 is 2.30 bits per heavy atom. The van der Waals surface area contributed by atoms with Crippen molar-refractivity contribution >= 4 is 0 Å². The van der Waals surface area contributed by atoms with Gasteiger partial charge >= 0.3 is 0 Å². The van der Waals surface area contributed by atoms with E-state index in [0.29, 0.717) is 0 Å². The number of aryl methyl sites for hydroxylation is 4. The van der Waals surface area contributed by atoms with E-state index >= 15 is 0 Å². The van der Waals surface area contributed by atoms with E-state index in [2.05, 4.69) is 51.1 Å². The summed E-state index contributed by atoms with van der Waals surface area (Å²) in [6.07, 6.45) is 6.25. The third kappa shape index (κ3) is 2.52.